The zero-order chi connectivity index (χ0) is 14.4. The van der Waals surface area contributed by atoms with Gasteiger partial charge in [-0.1, -0.05) is 0 Å². The lowest BCUT2D eigenvalue weighted by Gasteiger charge is -2.20. The number of aromatic nitrogens is 1. The third-order valence-corrected chi connectivity index (χ3v) is 3.52. The third-order valence-electron chi connectivity index (χ3n) is 2.46. The van der Waals surface area contributed by atoms with Crippen molar-refractivity contribution in [1.82, 2.24) is 4.57 Å². The van der Waals surface area contributed by atoms with Crippen molar-refractivity contribution in [2.24, 2.45) is 0 Å². The number of nitrogens with zero attached hydrogens (tertiary/aromatic N) is 1. The number of hydrogen-bond acceptors (Lipinski definition) is 4. The summed E-state index contributed by atoms with van der Waals surface area (Å²) in [4.78, 5) is 23.3. The first-order valence-electron chi connectivity index (χ1n) is 5.77. The van der Waals surface area contributed by atoms with Crippen LogP contribution in [0.4, 0.5) is 4.79 Å². The first-order chi connectivity index (χ1) is 8.69. The summed E-state index contributed by atoms with van der Waals surface area (Å²) < 4.78 is 7.49. The average molecular weight is 281 g/mol. The average Bonchev–Trinajstić information content (AvgIpc) is 2.70. The number of carboxylic acids is 1. The second kappa shape index (κ2) is 4.38. The van der Waals surface area contributed by atoms with Gasteiger partial charge in [-0.15, -0.1) is 11.3 Å². The first-order valence-corrected chi connectivity index (χ1v) is 6.59. The van der Waals surface area contributed by atoms with Gasteiger partial charge in [0.05, 0.1) is 10.2 Å². The van der Waals surface area contributed by atoms with Gasteiger partial charge in [-0.2, -0.15) is 0 Å². The summed E-state index contributed by atoms with van der Waals surface area (Å²) in [6.45, 7) is 7.16. The predicted molar refractivity (Wildman–Crippen MR) is 73.1 cm³/mol. The molecule has 5 nitrogen and oxygen atoms in total. The minimum atomic E-state index is -0.991. The van der Waals surface area contributed by atoms with Gasteiger partial charge in [0.1, 0.15) is 10.5 Å². The molecule has 0 atom stereocenters. The lowest BCUT2D eigenvalue weighted by atomic mass is 10.2. The van der Waals surface area contributed by atoms with Crippen LogP contribution in [0.5, 0.6) is 0 Å². The molecule has 0 saturated carbocycles. The molecule has 0 bridgehead atoms. The van der Waals surface area contributed by atoms with Crippen molar-refractivity contribution in [2.45, 2.75) is 33.3 Å². The van der Waals surface area contributed by atoms with Crippen LogP contribution in [0.25, 0.3) is 10.2 Å². The quantitative estimate of drug-likeness (QED) is 0.868. The summed E-state index contributed by atoms with van der Waals surface area (Å²) in [5.74, 6) is -0.991. The zero-order valence-corrected chi connectivity index (χ0v) is 12.0. The van der Waals surface area contributed by atoms with E-state index < -0.39 is 17.7 Å². The topological polar surface area (TPSA) is 68.5 Å². The maximum Gasteiger partial charge on any atom is 0.419 e. The SMILES string of the molecule is Cc1cc2sc(C(=O)O)cc2n1C(=O)OC(C)(C)C. The number of fused-ring (bicyclic) bond motifs is 1. The fourth-order valence-electron chi connectivity index (χ4n) is 1.77. The second-order valence-electron chi connectivity index (χ2n) is 5.27. The highest BCUT2D eigenvalue weighted by Crippen LogP contribution is 2.29. The lowest BCUT2D eigenvalue weighted by Crippen LogP contribution is -2.27. The van der Waals surface area contributed by atoms with Gasteiger partial charge >= 0.3 is 12.1 Å². The van der Waals surface area contributed by atoms with Crippen LogP contribution in [0.15, 0.2) is 12.1 Å². The van der Waals surface area contributed by atoms with Crippen LogP contribution in [0.3, 0.4) is 0 Å². The highest BCUT2D eigenvalue weighted by Gasteiger charge is 2.22. The number of ether oxygens (including phenoxy) is 1. The van der Waals surface area contributed by atoms with Crippen LogP contribution in [0.2, 0.25) is 0 Å². The fourth-order valence-corrected chi connectivity index (χ4v) is 2.75. The molecule has 2 rings (SSSR count). The Kier molecular flexibility index (Phi) is 3.14. The molecule has 0 aliphatic rings. The molecule has 0 radical (unpaired) electrons. The number of carboxylic acid groups (broad SMARTS) is 1. The normalized spacial score (nSPS) is 11.8. The molecule has 2 aromatic rings. The minimum absolute atomic E-state index is 0.210. The second-order valence-corrected chi connectivity index (χ2v) is 6.35. The van der Waals surface area contributed by atoms with E-state index in [-0.39, 0.29) is 4.88 Å². The highest BCUT2D eigenvalue weighted by molar-refractivity contribution is 7.20. The predicted octanol–water partition coefficient (Wildman–Crippen LogP) is 3.49. The van der Waals surface area contributed by atoms with Gasteiger partial charge < -0.3 is 9.84 Å². The molecule has 2 heterocycles. The Labute approximate surface area is 114 Å². The zero-order valence-electron chi connectivity index (χ0n) is 11.2. The van der Waals surface area contributed by atoms with Crippen LogP contribution in [0, 0.1) is 6.92 Å². The Balaban J connectivity index is 2.49. The van der Waals surface area contributed by atoms with E-state index in [9.17, 15) is 9.59 Å². The molecule has 0 unspecified atom stereocenters. The van der Waals surface area contributed by atoms with Gasteiger partial charge in [0.2, 0.25) is 0 Å². The molecular weight excluding hydrogens is 266 g/mol. The number of aromatic carboxylic acids is 1. The summed E-state index contributed by atoms with van der Waals surface area (Å²) in [5.41, 5.74) is 0.716. The highest BCUT2D eigenvalue weighted by atomic mass is 32.1. The molecule has 6 heteroatoms. The summed E-state index contributed by atoms with van der Waals surface area (Å²) in [7, 11) is 0. The van der Waals surface area contributed by atoms with E-state index in [1.54, 1.807) is 33.8 Å². The Bertz CT molecular complexity index is 660. The Hall–Kier alpha value is -1.82. The number of carbonyl (C=O) groups is 2. The van der Waals surface area contributed by atoms with Crippen LogP contribution in [-0.4, -0.2) is 27.3 Å². The van der Waals surface area contributed by atoms with E-state index in [1.165, 1.54) is 10.6 Å². The van der Waals surface area contributed by atoms with E-state index in [2.05, 4.69) is 0 Å². The Morgan fingerprint density at radius 2 is 1.95 bits per heavy atom. The van der Waals surface area contributed by atoms with Crippen LogP contribution in [-0.2, 0) is 4.74 Å². The molecule has 1 N–H and O–H groups in total. The smallest absolute Gasteiger partial charge is 0.419 e. The summed E-state index contributed by atoms with van der Waals surface area (Å²) in [6.07, 6.45) is -0.491. The summed E-state index contributed by atoms with van der Waals surface area (Å²) >= 11 is 1.15. The molecule has 0 spiro atoms. The molecule has 0 aliphatic carbocycles. The van der Waals surface area contributed by atoms with E-state index in [4.69, 9.17) is 9.84 Å². The molecule has 0 amide bonds. The van der Waals surface area contributed by atoms with E-state index in [1.807, 2.05) is 0 Å². The van der Waals surface area contributed by atoms with Crippen LogP contribution < -0.4 is 0 Å². The van der Waals surface area contributed by atoms with Gasteiger partial charge in [0.15, 0.2) is 0 Å². The molecule has 19 heavy (non-hydrogen) atoms. The number of carbonyl (C=O) groups excluding carboxylic acids is 1. The molecule has 0 aromatic carbocycles. The van der Waals surface area contributed by atoms with Gasteiger partial charge in [-0.3, -0.25) is 0 Å². The van der Waals surface area contributed by atoms with Gasteiger partial charge in [0.25, 0.3) is 0 Å². The molecular formula is C13H15NO4S. The standard InChI is InChI=1S/C13H15NO4S/c1-7-5-9-8(6-10(19-9)11(15)16)14(7)12(17)18-13(2,3)4/h5-6H,1-4H3,(H,15,16). The maximum atomic E-state index is 12.1. The van der Waals surface area contributed by atoms with Crippen molar-refractivity contribution in [3.8, 4) is 0 Å². The molecule has 2 aromatic heterocycles. The Morgan fingerprint density at radius 3 is 2.47 bits per heavy atom. The molecule has 0 fully saturated rings. The summed E-state index contributed by atoms with van der Waals surface area (Å²) in [5, 5.41) is 8.97. The molecule has 0 saturated heterocycles. The van der Waals surface area contributed by atoms with Crippen molar-refractivity contribution in [3.05, 3.63) is 22.7 Å². The van der Waals surface area contributed by atoms with Crippen molar-refractivity contribution < 1.29 is 19.4 Å². The van der Waals surface area contributed by atoms with Crippen LogP contribution >= 0.6 is 11.3 Å². The van der Waals surface area contributed by atoms with Crippen molar-refractivity contribution in [1.29, 1.82) is 0 Å². The van der Waals surface area contributed by atoms with Crippen molar-refractivity contribution >= 4 is 33.6 Å². The molecule has 0 aliphatic heterocycles. The van der Waals surface area contributed by atoms with Crippen molar-refractivity contribution in [3.63, 3.8) is 0 Å². The number of thiophene rings is 1. The van der Waals surface area contributed by atoms with E-state index >= 15 is 0 Å². The number of rotatable bonds is 1. The summed E-state index contributed by atoms with van der Waals surface area (Å²) in [6, 6.07) is 3.29. The van der Waals surface area contributed by atoms with E-state index in [0.717, 1.165) is 21.7 Å². The largest absolute Gasteiger partial charge is 0.477 e. The monoisotopic (exact) mass is 281 g/mol. The first kappa shape index (κ1) is 13.6. The van der Waals surface area contributed by atoms with Gasteiger partial charge in [-0.25, -0.2) is 14.2 Å². The van der Waals surface area contributed by atoms with E-state index in [0.29, 0.717) is 5.52 Å². The lowest BCUT2D eigenvalue weighted by molar-refractivity contribution is 0.0540. The molecule has 102 valence electrons. The van der Waals surface area contributed by atoms with Gasteiger partial charge in [0, 0.05) is 5.69 Å². The van der Waals surface area contributed by atoms with Crippen LogP contribution in [0.1, 0.15) is 36.1 Å². The fraction of sp³-hybridized carbons (Fsp3) is 0.385. The number of aryl methyl sites for hydroxylation is 1. The third kappa shape index (κ3) is 2.63. The minimum Gasteiger partial charge on any atom is -0.477 e. The van der Waals surface area contributed by atoms with Gasteiger partial charge in [-0.05, 0) is 39.8 Å². The maximum absolute atomic E-state index is 12.1. The van der Waals surface area contributed by atoms with Crippen molar-refractivity contribution in [2.75, 3.05) is 0 Å². The Morgan fingerprint density at radius 1 is 1.32 bits per heavy atom. The number of hydrogen-bond donors (Lipinski definition) is 1.